The summed E-state index contributed by atoms with van der Waals surface area (Å²) in [5.74, 6) is -2.25. The zero-order valence-electron chi connectivity index (χ0n) is 12.6. The summed E-state index contributed by atoms with van der Waals surface area (Å²) >= 11 is 0. The van der Waals surface area contributed by atoms with Crippen LogP contribution in [-0.4, -0.2) is 23.0 Å². The lowest BCUT2D eigenvalue weighted by Crippen LogP contribution is -2.41. The van der Waals surface area contributed by atoms with Crippen molar-refractivity contribution in [2.75, 3.05) is 0 Å². The summed E-state index contributed by atoms with van der Waals surface area (Å²) in [4.78, 5) is 23.1. The summed E-state index contributed by atoms with van der Waals surface area (Å²) in [6.07, 6.45) is -3.05. The third-order valence-electron chi connectivity index (χ3n) is 3.96. The van der Waals surface area contributed by atoms with Gasteiger partial charge in [0.05, 0.1) is 5.56 Å². The van der Waals surface area contributed by atoms with E-state index in [1.807, 2.05) is 6.92 Å². The largest absolute Gasteiger partial charge is 0.480 e. The van der Waals surface area contributed by atoms with Gasteiger partial charge in [0.25, 0.3) is 0 Å². The molecule has 0 bridgehead atoms. The number of hydrogen-bond acceptors (Lipinski definition) is 2. The molecule has 2 N–H and O–H groups in total. The molecule has 3 atom stereocenters. The fourth-order valence-electron chi connectivity index (χ4n) is 2.62. The highest BCUT2D eigenvalue weighted by molar-refractivity contribution is 5.87. The molecule has 0 heterocycles. The maximum absolute atomic E-state index is 12.7. The van der Waals surface area contributed by atoms with Crippen molar-refractivity contribution in [1.29, 1.82) is 0 Å². The van der Waals surface area contributed by atoms with Crippen LogP contribution in [0.3, 0.4) is 0 Å². The Kier molecular flexibility index (Phi) is 4.97. The van der Waals surface area contributed by atoms with Crippen LogP contribution in [0.2, 0.25) is 0 Å². The molecule has 23 heavy (non-hydrogen) atoms. The Balaban J connectivity index is 2.02. The number of benzene rings is 1. The lowest BCUT2D eigenvalue weighted by molar-refractivity contribution is -0.142. The van der Waals surface area contributed by atoms with Gasteiger partial charge < -0.3 is 10.4 Å². The maximum atomic E-state index is 12.7. The van der Waals surface area contributed by atoms with Gasteiger partial charge in [-0.1, -0.05) is 31.5 Å². The standard InChI is InChI=1S/C16H18F3NO3/c1-2-4-13(15(22)23)20-14(21)12-8-11(12)9-5-3-6-10(7-9)16(17,18)19/h3,5-7,11-13H,2,4,8H2,1H3,(H,20,21)(H,22,23). The van der Waals surface area contributed by atoms with Crippen LogP contribution < -0.4 is 5.32 Å². The number of aliphatic carboxylic acids is 1. The van der Waals surface area contributed by atoms with Gasteiger partial charge in [0.1, 0.15) is 6.04 Å². The summed E-state index contributed by atoms with van der Waals surface area (Å²) in [5, 5.41) is 11.5. The highest BCUT2D eigenvalue weighted by Crippen LogP contribution is 2.48. The minimum Gasteiger partial charge on any atom is -0.480 e. The molecule has 1 aliphatic rings. The molecule has 1 aromatic rings. The molecule has 0 radical (unpaired) electrons. The van der Waals surface area contributed by atoms with Gasteiger partial charge >= 0.3 is 12.1 Å². The Bertz CT molecular complexity index is 600. The predicted molar refractivity (Wildman–Crippen MR) is 76.8 cm³/mol. The van der Waals surface area contributed by atoms with E-state index in [0.717, 1.165) is 12.1 Å². The Labute approximate surface area is 131 Å². The number of carbonyl (C=O) groups excluding carboxylic acids is 1. The number of carbonyl (C=O) groups is 2. The van der Waals surface area contributed by atoms with E-state index in [2.05, 4.69) is 5.32 Å². The molecule has 1 aliphatic carbocycles. The van der Waals surface area contributed by atoms with Crippen LogP contribution in [0.4, 0.5) is 13.2 Å². The number of rotatable bonds is 6. The molecule has 0 saturated heterocycles. The zero-order chi connectivity index (χ0) is 17.2. The molecule has 1 aromatic carbocycles. The fourth-order valence-corrected chi connectivity index (χ4v) is 2.62. The number of carboxylic acid groups (broad SMARTS) is 1. The summed E-state index contributed by atoms with van der Waals surface area (Å²) in [6, 6.07) is 3.98. The molecular weight excluding hydrogens is 311 g/mol. The second-order valence-electron chi connectivity index (χ2n) is 5.76. The molecular formula is C16H18F3NO3. The SMILES string of the molecule is CCCC(NC(=O)C1CC1c1cccc(C(F)(F)F)c1)C(=O)O. The minimum atomic E-state index is -4.42. The van der Waals surface area contributed by atoms with Gasteiger partial charge in [0, 0.05) is 5.92 Å². The number of nitrogens with one attached hydrogen (secondary N) is 1. The van der Waals surface area contributed by atoms with E-state index in [0.29, 0.717) is 24.8 Å². The van der Waals surface area contributed by atoms with E-state index >= 15 is 0 Å². The Morgan fingerprint density at radius 2 is 2.09 bits per heavy atom. The van der Waals surface area contributed by atoms with Gasteiger partial charge in [-0.15, -0.1) is 0 Å². The average molecular weight is 329 g/mol. The highest BCUT2D eigenvalue weighted by atomic mass is 19.4. The molecule has 0 aliphatic heterocycles. The van der Waals surface area contributed by atoms with Crippen LogP contribution in [0, 0.1) is 5.92 Å². The van der Waals surface area contributed by atoms with Crippen LogP contribution in [0.25, 0.3) is 0 Å². The number of hydrogen-bond donors (Lipinski definition) is 2. The topological polar surface area (TPSA) is 66.4 Å². The van der Waals surface area contributed by atoms with Gasteiger partial charge in [-0.25, -0.2) is 4.79 Å². The Morgan fingerprint density at radius 3 is 2.65 bits per heavy atom. The van der Waals surface area contributed by atoms with Crippen LogP contribution in [-0.2, 0) is 15.8 Å². The lowest BCUT2D eigenvalue weighted by atomic mass is 10.0. The number of amides is 1. The quantitative estimate of drug-likeness (QED) is 0.842. The van der Waals surface area contributed by atoms with Gasteiger partial charge in [-0.2, -0.15) is 13.2 Å². The molecule has 0 spiro atoms. The average Bonchev–Trinajstić information content (AvgIpc) is 3.26. The van der Waals surface area contributed by atoms with Gasteiger partial charge in [-0.3, -0.25) is 4.79 Å². The van der Waals surface area contributed by atoms with Crippen LogP contribution in [0.1, 0.15) is 43.2 Å². The van der Waals surface area contributed by atoms with Crippen LogP contribution in [0.5, 0.6) is 0 Å². The van der Waals surface area contributed by atoms with Crippen LogP contribution in [0.15, 0.2) is 24.3 Å². The fraction of sp³-hybridized carbons (Fsp3) is 0.500. The smallest absolute Gasteiger partial charge is 0.416 e. The molecule has 1 fully saturated rings. The Morgan fingerprint density at radius 1 is 1.39 bits per heavy atom. The lowest BCUT2D eigenvalue weighted by Gasteiger charge is -2.13. The molecule has 3 unspecified atom stereocenters. The van der Waals surface area contributed by atoms with Crippen molar-refractivity contribution in [2.24, 2.45) is 5.92 Å². The third kappa shape index (κ3) is 4.24. The normalized spacial score (nSPS) is 21.6. The van der Waals surface area contributed by atoms with Crippen molar-refractivity contribution in [3.63, 3.8) is 0 Å². The van der Waals surface area contributed by atoms with Crippen molar-refractivity contribution in [2.45, 2.75) is 44.3 Å². The van der Waals surface area contributed by atoms with Gasteiger partial charge in [0.15, 0.2) is 0 Å². The molecule has 2 rings (SSSR count). The summed E-state index contributed by atoms with van der Waals surface area (Å²) in [6.45, 7) is 1.81. The van der Waals surface area contributed by atoms with E-state index in [1.54, 1.807) is 6.07 Å². The maximum Gasteiger partial charge on any atom is 0.416 e. The van der Waals surface area contributed by atoms with E-state index in [9.17, 15) is 22.8 Å². The summed E-state index contributed by atoms with van der Waals surface area (Å²) < 4.78 is 38.1. The van der Waals surface area contributed by atoms with Crippen molar-refractivity contribution in [3.8, 4) is 0 Å². The second-order valence-corrected chi connectivity index (χ2v) is 5.76. The van der Waals surface area contributed by atoms with Crippen molar-refractivity contribution in [3.05, 3.63) is 35.4 Å². The number of halogens is 3. The number of alkyl halides is 3. The molecule has 7 heteroatoms. The van der Waals surface area contributed by atoms with E-state index in [4.69, 9.17) is 5.11 Å². The predicted octanol–water partition coefficient (Wildman–Crippen LogP) is 3.18. The van der Waals surface area contributed by atoms with Crippen LogP contribution >= 0.6 is 0 Å². The molecule has 126 valence electrons. The van der Waals surface area contributed by atoms with E-state index < -0.39 is 35.6 Å². The monoisotopic (exact) mass is 329 g/mol. The Hall–Kier alpha value is -2.05. The minimum absolute atomic E-state index is 0.284. The first kappa shape index (κ1) is 17.3. The molecule has 1 amide bonds. The summed E-state index contributed by atoms with van der Waals surface area (Å²) in [5.41, 5.74) is -0.280. The van der Waals surface area contributed by atoms with E-state index in [1.165, 1.54) is 6.07 Å². The molecule has 1 saturated carbocycles. The molecule has 4 nitrogen and oxygen atoms in total. The third-order valence-corrected chi connectivity index (χ3v) is 3.96. The highest BCUT2D eigenvalue weighted by Gasteiger charge is 2.45. The van der Waals surface area contributed by atoms with Crippen molar-refractivity contribution in [1.82, 2.24) is 5.32 Å². The first-order valence-corrected chi connectivity index (χ1v) is 7.44. The van der Waals surface area contributed by atoms with Gasteiger partial charge in [-0.05, 0) is 30.4 Å². The van der Waals surface area contributed by atoms with Crippen molar-refractivity contribution < 1.29 is 27.9 Å². The second kappa shape index (κ2) is 6.60. The zero-order valence-corrected chi connectivity index (χ0v) is 12.6. The first-order valence-electron chi connectivity index (χ1n) is 7.44. The molecule has 0 aromatic heterocycles. The van der Waals surface area contributed by atoms with E-state index in [-0.39, 0.29) is 5.92 Å². The first-order chi connectivity index (χ1) is 10.7. The van der Waals surface area contributed by atoms with Gasteiger partial charge in [0.2, 0.25) is 5.91 Å². The number of carboxylic acids is 1. The summed E-state index contributed by atoms with van der Waals surface area (Å²) in [7, 11) is 0. The van der Waals surface area contributed by atoms with Crippen molar-refractivity contribution >= 4 is 11.9 Å².